The van der Waals surface area contributed by atoms with E-state index < -0.39 is 41.2 Å². The summed E-state index contributed by atoms with van der Waals surface area (Å²) in [4.78, 5) is 53.2. The van der Waals surface area contributed by atoms with Crippen LogP contribution >= 0.6 is 0 Å². The van der Waals surface area contributed by atoms with Crippen molar-refractivity contribution in [2.75, 3.05) is 0 Å². The zero-order valence-electron chi connectivity index (χ0n) is 12.8. The smallest absolute Gasteiger partial charge is 0.340 e. The summed E-state index contributed by atoms with van der Waals surface area (Å²) in [5, 5.41) is 29.3. The lowest BCUT2D eigenvalue weighted by Crippen LogP contribution is -2.35. The molecule has 3 aliphatic rings. The highest BCUT2D eigenvalue weighted by Gasteiger charge is 2.44. The average Bonchev–Trinajstić information content (AvgIpc) is 2.83. The van der Waals surface area contributed by atoms with Crippen molar-refractivity contribution in [3.63, 3.8) is 0 Å². The molecule has 2 aliphatic carbocycles. The van der Waals surface area contributed by atoms with E-state index in [1.807, 2.05) is 0 Å². The molecular formula is C17H9NO8. The molecule has 26 heavy (non-hydrogen) atoms. The maximum absolute atomic E-state index is 12.3. The first kappa shape index (κ1) is 15.8. The van der Waals surface area contributed by atoms with E-state index in [2.05, 4.69) is 0 Å². The van der Waals surface area contributed by atoms with Crippen molar-refractivity contribution in [1.29, 1.82) is 0 Å². The molecule has 2 aromatic carbocycles. The van der Waals surface area contributed by atoms with Crippen LogP contribution in [0.5, 0.6) is 11.5 Å². The number of aromatic hydroxyl groups is 2. The van der Waals surface area contributed by atoms with Crippen molar-refractivity contribution < 1.29 is 39.3 Å². The molecule has 2 aromatic rings. The van der Waals surface area contributed by atoms with E-state index >= 15 is 0 Å². The van der Waals surface area contributed by atoms with Crippen LogP contribution in [0.3, 0.4) is 0 Å². The first-order valence-electron chi connectivity index (χ1n) is 7.33. The molecule has 0 radical (unpaired) electrons. The number of benzene rings is 2. The van der Waals surface area contributed by atoms with Crippen LogP contribution in [-0.4, -0.2) is 43.9 Å². The Labute approximate surface area is 144 Å². The third-order valence-electron chi connectivity index (χ3n) is 4.24. The van der Waals surface area contributed by atoms with Crippen molar-refractivity contribution in [3.8, 4) is 11.5 Å². The Hall–Kier alpha value is -3.72. The lowest BCUT2D eigenvalue weighted by Gasteiger charge is -2.26. The van der Waals surface area contributed by atoms with Gasteiger partial charge in [0.1, 0.15) is 17.1 Å². The van der Waals surface area contributed by atoms with Gasteiger partial charge in [-0.15, -0.1) is 5.06 Å². The highest BCUT2D eigenvalue weighted by atomic mass is 16.7. The van der Waals surface area contributed by atoms with Crippen LogP contribution in [0.1, 0.15) is 48.3 Å². The summed E-state index contributed by atoms with van der Waals surface area (Å²) in [6.45, 7) is 0. The van der Waals surface area contributed by atoms with Crippen LogP contribution in [0.25, 0.3) is 0 Å². The molecule has 3 N–H and O–H groups in total. The van der Waals surface area contributed by atoms with E-state index in [-0.39, 0.29) is 27.8 Å². The number of ketones is 1. The van der Waals surface area contributed by atoms with Gasteiger partial charge in [0.2, 0.25) is 11.9 Å². The molecule has 0 aromatic heterocycles. The van der Waals surface area contributed by atoms with Gasteiger partial charge in [0.15, 0.2) is 0 Å². The van der Waals surface area contributed by atoms with Crippen molar-refractivity contribution in [3.05, 3.63) is 58.1 Å². The van der Waals surface area contributed by atoms with Crippen LogP contribution < -0.4 is 0 Å². The minimum Gasteiger partial charge on any atom is -0.507 e. The summed E-state index contributed by atoms with van der Waals surface area (Å²) in [5.41, 5.74) is -0.906. The van der Waals surface area contributed by atoms with Gasteiger partial charge in [0.25, 0.3) is 11.8 Å². The summed E-state index contributed by atoms with van der Waals surface area (Å²) in [5.74, 6) is -5.24. The number of carboxylic acids is 1. The Kier molecular flexibility index (Phi) is 3.12. The third-order valence-corrected chi connectivity index (χ3v) is 4.24. The molecule has 130 valence electrons. The lowest BCUT2D eigenvalue weighted by atomic mass is 9.82. The van der Waals surface area contributed by atoms with Gasteiger partial charge in [-0.3, -0.25) is 14.4 Å². The minimum atomic E-state index is -1.97. The van der Waals surface area contributed by atoms with Crippen molar-refractivity contribution >= 4 is 23.6 Å². The highest BCUT2D eigenvalue weighted by molar-refractivity contribution is 6.24. The molecule has 1 atom stereocenters. The Bertz CT molecular complexity index is 1000. The number of phenolic OH excluding ortho intramolecular Hbond substituents is 2. The van der Waals surface area contributed by atoms with E-state index in [9.17, 15) is 34.5 Å². The Morgan fingerprint density at radius 1 is 1.00 bits per heavy atom. The molecule has 1 unspecified atom stereocenters. The largest absolute Gasteiger partial charge is 0.507 e. The summed E-state index contributed by atoms with van der Waals surface area (Å²) < 4.78 is 0. The lowest BCUT2D eigenvalue weighted by molar-refractivity contribution is -0.176. The number of carboxylic acid groups (broad SMARTS) is 1. The molecule has 1 aliphatic heterocycles. The maximum atomic E-state index is 12.3. The summed E-state index contributed by atoms with van der Waals surface area (Å²) in [6.07, 6.45) is -1.97. The Morgan fingerprint density at radius 2 is 1.58 bits per heavy atom. The van der Waals surface area contributed by atoms with E-state index in [1.165, 1.54) is 24.3 Å². The molecule has 0 saturated carbocycles. The summed E-state index contributed by atoms with van der Waals surface area (Å²) in [7, 11) is 0. The number of amides is 2. The fourth-order valence-corrected chi connectivity index (χ4v) is 3.01. The molecule has 1 heterocycles. The van der Waals surface area contributed by atoms with Crippen LogP contribution in [0.15, 0.2) is 30.3 Å². The second kappa shape index (κ2) is 5.14. The molecule has 0 fully saturated rings. The van der Waals surface area contributed by atoms with Gasteiger partial charge < -0.3 is 15.3 Å². The molecule has 0 saturated heterocycles. The summed E-state index contributed by atoms with van der Waals surface area (Å²) >= 11 is 0. The van der Waals surface area contributed by atoms with Crippen molar-refractivity contribution in [1.82, 2.24) is 5.06 Å². The number of rotatable bonds is 4. The second-order valence-corrected chi connectivity index (χ2v) is 5.69. The van der Waals surface area contributed by atoms with Crippen LogP contribution in [0.4, 0.5) is 0 Å². The molecule has 2 amide bonds. The van der Waals surface area contributed by atoms with E-state index in [0.717, 1.165) is 6.07 Å². The topological polar surface area (TPSA) is 141 Å². The average molecular weight is 355 g/mol. The number of hydrogen-bond donors (Lipinski definition) is 3. The third kappa shape index (κ3) is 1.88. The van der Waals surface area contributed by atoms with Crippen molar-refractivity contribution in [2.24, 2.45) is 0 Å². The Morgan fingerprint density at radius 3 is 2.04 bits per heavy atom. The van der Waals surface area contributed by atoms with Gasteiger partial charge in [0, 0.05) is 5.56 Å². The van der Waals surface area contributed by atoms with Gasteiger partial charge in [0.05, 0.1) is 16.7 Å². The molecule has 0 spiro atoms. The number of carbonyl (C=O) groups excluding carboxylic acids is 3. The quantitative estimate of drug-likeness (QED) is 0.588. The Balaban J connectivity index is 1.74. The van der Waals surface area contributed by atoms with E-state index in [4.69, 9.17) is 4.84 Å². The van der Waals surface area contributed by atoms with Gasteiger partial charge in [-0.1, -0.05) is 12.1 Å². The minimum absolute atomic E-state index is 0.0473. The molecule has 9 heteroatoms. The number of hydroxylamine groups is 2. The number of fused-ring (bicyclic) bond motifs is 3. The van der Waals surface area contributed by atoms with Crippen LogP contribution in [-0.2, 0) is 9.63 Å². The van der Waals surface area contributed by atoms with Gasteiger partial charge in [-0.25, -0.2) is 9.63 Å². The van der Waals surface area contributed by atoms with E-state index in [0.29, 0.717) is 5.06 Å². The normalized spacial score (nSPS) is 15.7. The van der Waals surface area contributed by atoms with E-state index in [1.54, 1.807) is 0 Å². The predicted octanol–water partition coefficient (Wildman–Crippen LogP) is 0.996. The highest BCUT2D eigenvalue weighted by Crippen LogP contribution is 2.47. The van der Waals surface area contributed by atoms with Gasteiger partial charge in [-0.05, 0) is 18.2 Å². The molecule has 2 bridgehead atoms. The number of imide groups is 1. The molecule has 5 rings (SSSR count). The first-order chi connectivity index (χ1) is 12.3. The first-order valence-corrected chi connectivity index (χ1v) is 7.33. The number of phenols is 2. The fraction of sp³-hybridized carbons (Fsp3) is 0.0588. The maximum Gasteiger partial charge on any atom is 0.340 e. The second-order valence-electron chi connectivity index (χ2n) is 5.69. The number of carbonyl (C=O) groups is 4. The number of aliphatic carboxylic acids is 1. The molecule has 9 nitrogen and oxygen atoms in total. The number of hydrogen-bond acceptors (Lipinski definition) is 7. The van der Waals surface area contributed by atoms with Crippen LogP contribution in [0.2, 0.25) is 0 Å². The standard InChI is InChI=1S/C17H9NO8/c19-9-5-8(10-12(20)11(9)13(10)21)14(17(24)25)26-18-15(22)6-3-1-2-4-7(6)16(18)23/h1-5,14,19-20H,(H,24,25). The number of nitrogens with zero attached hydrogens (tertiary/aromatic N) is 1. The molecular weight excluding hydrogens is 346 g/mol. The SMILES string of the molecule is O=C1c2c(O)cc(C(ON3C(=O)c4ccccc4C3=O)C(=O)O)c1c2O. The summed E-state index contributed by atoms with van der Waals surface area (Å²) in [6, 6.07) is 6.79. The monoisotopic (exact) mass is 355 g/mol. The predicted molar refractivity (Wildman–Crippen MR) is 81.6 cm³/mol. The van der Waals surface area contributed by atoms with Crippen LogP contribution in [0, 0.1) is 0 Å². The fourth-order valence-electron chi connectivity index (χ4n) is 3.01. The zero-order valence-corrected chi connectivity index (χ0v) is 12.8. The van der Waals surface area contributed by atoms with Gasteiger partial charge >= 0.3 is 5.97 Å². The van der Waals surface area contributed by atoms with Crippen molar-refractivity contribution in [2.45, 2.75) is 6.10 Å². The van der Waals surface area contributed by atoms with Gasteiger partial charge in [-0.2, -0.15) is 0 Å². The zero-order chi connectivity index (χ0) is 18.7.